The van der Waals surface area contributed by atoms with Crippen LogP contribution in [0.15, 0.2) is 23.1 Å². The van der Waals surface area contributed by atoms with E-state index in [-0.39, 0.29) is 23.7 Å². The second kappa shape index (κ2) is 7.81. The van der Waals surface area contributed by atoms with Crippen LogP contribution in [-0.2, 0) is 9.59 Å². The number of aliphatic hydroxyl groups excluding tert-OH is 1. The highest BCUT2D eigenvalue weighted by molar-refractivity contribution is 8.00. The Morgan fingerprint density at radius 3 is 2.60 bits per heavy atom. The minimum absolute atomic E-state index is 0.0931. The van der Waals surface area contributed by atoms with Crippen LogP contribution in [0, 0.1) is 11.6 Å². The fourth-order valence-electron chi connectivity index (χ4n) is 1.36. The van der Waals surface area contributed by atoms with Crippen molar-refractivity contribution < 1.29 is 28.6 Å². The van der Waals surface area contributed by atoms with Gasteiger partial charge in [0.25, 0.3) is 0 Å². The molecule has 20 heavy (non-hydrogen) atoms. The average Bonchev–Trinajstić information content (AvgIpc) is 2.37. The van der Waals surface area contributed by atoms with Crippen molar-refractivity contribution in [1.82, 2.24) is 5.32 Å². The van der Waals surface area contributed by atoms with Crippen LogP contribution in [0.2, 0.25) is 0 Å². The SMILES string of the molecule is O=C(CSc1ccc(F)cc1F)NC(CCO)C(=O)O. The molecule has 0 aliphatic carbocycles. The van der Waals surface area contributed by atoms with Crippen LogP contribution in [0.3, 0.4) is 0 Å². The maximum Gasteiger partial charge on any atom is 0.326 e. The Morgan fingerprint density at radius 1 is 1.35 bits per heavy atom. The molecule has 0 saturated carbocycles. The first-order chi connectivity index (χ1) is 9.43. The van der Waals surface area contributed by atoms with Crippen molar-refractivity contribution in [2.45, 2.75) is 17.4 Å². The van der Waals surface area contributed by atoms with Crippen LogP contribution in [0.1, 0.15) is 6.42 Å². The van der Waals surface area contributed by atoms with Crippen LogP contribution in [0.25, 0.3) is 0 Å². The molecule has 0 aliphatic rings. The van der Waals surface area contributed by atoms with Gasteiger partial charge in [-0.25, -0.2) is 13.6 Å². The smallest absolute Gasteiger partial charge is 0.326 e. The molecule has 0 radical (unpaired) electrons. The molecule has 1 aromatic rings. The van der Waals surface area contributed by atoms with Crippen molar-refractivity contribution in [1.29, 1.82) is 0 Å². The molecule has 5 nitrogen and oxygen atoms in total. The van der Waals surface area contributed by atoms with Gasteiger partial charge >= 0.3 is 5.97 Å². The highest BCUT2D eigenvalue weighted by atomic mass is 32.2. The predicted molar refractivity (Wildman–Crippen MR) is 68.4 cm³/mol. The Balaban J connectivity index is 2.52. The molecular formula is C12H13F2NO4S. The molecule has 1 rings (SSSR count). The number of amides is 1. The number of rotatable bonds is 7. The largest absolute Gasteiger partial charge is 0.480 e. The van der Waals surface area contributed by atoms with Crippen molar-refractivity contribution >= 4 is 23.6 Å². The molecule has 1 aromatic carbocycles. The molecule has 0 aliphatic heterocycles. The summed E-state index contributed by atoms with van der Waals surface area (Å²) in [6, 6.07) is 1.78. The number of hydrogen-bond acceptors (Lipinski definition) is 4. The van der Waals surface area contributed by atoms with E-state index < -0.39 is 29.6 Å². The lowest BCUT2D eigenvalue weighted by Gasteiger charge is -2.13. The summed E-state index contributed by atoms with van der Waals surface area (Å²) in [6.45, 7) is -0.378. The third kappa shape index (κ3) is 5.14. The first-order valence-electron chi connectivity index (χ1n) is 5.65. The predicted octanol–water partition coefficient (Wildman–Crippen LogP) is 1.01. The topological polar surface area (TPSA) is 86.6 Å². The van der Waals surface area contributed by atoms with Gasteiger partial charge in [-0.15, -0.1) is 11.8 Å². The van der Waals surface area contributed by atoms with E-state index in [9.17, 15) is 18.4 Å². The van der Waals surface area contributed by atoms with Crippen LogP contribution < -0.4 is 5.32 Å². The number of thioether (sulfide) groups is 1. The van der Waals surface area contributed by atoms with E-state index in [0.29, 0.717) is 6.07 Å². The molecule has 0 bridgehead atoms. The Bertz CT molecular complexity index is 498. The summed E-state index contributed by atoms with van der Waals surface area (Å²) >= 11 is 0.827. The first kappa shape index (κ1) is 16.4. The van der Waals surface area contributed by atoms with Crippen molar-refractivity contribution in [2.75, 3.05) is 12.4 Å². The van der Waals surface area contributed by atoms with Gasteiger partial charge in [0.15, 0.2) is 0 Å². The molecule has 0 fully saturated rings. The molecule has 0 aromatic heterocycles. The van der Waals surface area contributed by atoms with E-state index >= 15 is 0 Å². The highest BCUT2D eigenvalue weighted by Crippen LogP contribution is 2.22. The minimum atomic E-state index is -1.26. The molecule has 8 heteroatoms. The standard InChI is InChI=1S/C12H13F2NO4S/c13-7-1-2-10(8(14)5-7)20-6-11(17)15-9(3-4-16)12(18)19/h1-2,5,9,16H,3-4,6H2,(H,15,17)(H,18,19). The van der Waals surface area contributed by atoms with E-state index in [1.807, 2.05) is 0 Å². The van der Waals surface area contributed by atoms with E-state index in [1.54, 1.807) is 0 Å². The maximum atomic E-state index is 13.3. The number of benzene rings is 1. The number of nitrogens with one attached hydrogen (secondary N) is 1. The minimum Gasteiger partial charge on any atom is -0.480 e. The monoisotopic (exact) mass is 305 g/mol. The van der Waals surface area contributed by atoms with Gasteiger partial charge in [0.05, 0.1) is 5.75 Å². The lowest BCUT2D eigenvalue weighted by atomic mass is 10.2. The van der Waals surface area contributed by atoms with Gasteiger partial charge in [-0.3, -0.25) is 4.79 Å². The summed E-state index contributed by atoms with van der Waals surface area (Å²) in [4.78, 5) is 22.4. The molecule has 3 N–H and O–H groups in total. The molecule has 1 unspecified atom stereocenters. The quantitative estimate of drug-likeness (QED) is 0.655. The lowest BCUT2D eigenvalue weighted by Crippen LogP contribution is -2.42. The van der Waals surface area contributed by atoms with Crippen molar-refractivity contribution in [3.05, 3.63) is 29.8 Å². The zero-order chi connectivity index (χ0) is 15.1. The Labute approximate surface area is 118 Å². The third-order valence-corrected chi connectivity index (χ3v) is 3.35. The molecule has 0 saturated heterocycles. The fourth-order valence-corrected chi connectivity index (χ4v) is 2.09. The summed E-state index contributed by atoms with van der Waals surface area (Å²) in [7, 11) is 0. The molecule has 1 atom stereocenters. The number of carboxylic acids is 1. The van der Waals surface area contributed by atoms with E-state index in [1.165, 1.54) is 6.07 Å². The zero-order valence-electron chi connectivity index (χ0n) is 10.3. The second-order valence-electron chi connectivity index (χ2n) is 3.83. The van der Waals surface area contributed by atoms with Gasteiger partial charge in [-0.05, 0) is 12.1 Å². The summed E-state index contributed by atoms with van der Waals surface area (Å²) in [5.41, 5.74) is 0. The summed E-state index contributed by atoms with van der Waals surface area (Å²) in [6.07, 6.45) is -0.114. The van der Waals surface area contributed by atoms with Gasteiger partial charge in [0.1, 0.15) is 17.7 Å². The number of hydrogen-bond donors (Lipinski definition) is 3. The van der Waals surface area contributed by atoms with Crippen LogP contribution in [0.4, 0.5) is 8.78 Å². The normalized spacial score (nSPS) is 11.9. The molecular weight excluding hydrogens is 292 g/mol. The fraction of sp³-hybridized carbons (Fsp3) is 0.333. The summed E-state index contributed by atoms with van der Waals surface area (Å²) in [5, 5.41) is 19.6. The third-order valence-electron chi connectivity index (χ3n) is 2.30. The number of carbonyl (C=O) groups is 2. The average molecular weight is 305 g/mol. The van der Waals surface area contributed by atoms with Gasteiger partial charge < -0.3 is 15.5 Å². The first-order valence-corrected chi connectivity index (χ1v) is 6.63. The van der Waals surface area contributed by atoms with Crippen molar-refractivity contribution in [3.8, 4) is 0 Å². The Morgan fingerprint density at radius 2 is 2.05 bits per heavy atom. The van der Waals surface area contributed by atoms with Gasteiger partial charge in [0, 0.05) is 24.0 Å². The Hall–Kier alpha value is -1.67. The maximum absolute atomic E-state index is 13.3. The molecule has 1 amide bonds. The zero-order valence-corrected chi connectivity index (χ0v) is 11.1. The van der Waals surface area contributed by atoms with Gasteiger partial charge in [-0.2, -0.15) is 0 Å². The Kier molecular flexibility index (Phi) is 6.40. The number of carbonyl (C=O) groups excluding carboxylic acids is 1. The lowest BCUT2D eigenvalue weighted by molar-refractivity contribution is -0.141. The number of carboxylic acid groups (broad SMARTS) is 1. The highest BCUT2D eigenvalue weighted by Gasteiger charge is 2.19. The number of aliphatic carboxylic acids is 1. The van der Waals surface area contributed by atoms with E-state index in [0.717, 1.165) is 17.8 Å². The van der Waals surface area contributed by atoms with Crippen LogP contribution >= 0.6 is 11.8 Å². The summed E-state index contributed by atoms with van der Waals surface area (Å²) < 4.78 is 26.0. The van der Waals surface area contributed by atoms with Gasteiger partial charge in [0.2, 0.25) is 5.91 Å². The molecule has 0 heterocycles. The van der Waals surface area contributed by atoms with Crippen LogP contribution in [0.5, 0.6) is 0 Å². The van der Waals surface area contributed by atoms with Crippen LogP contribution in [-0.4, -0.2) is 40.5 Å². The molecule has 0 spiro atoms. The summed E-state index contributed by atoms with van der Waals surface area (Å²) in [5.74, 6) is -3.58. The van der Waals surface area contributed by atoms with Crippen molar-refractivity contribution in [3.63, 3.8) is 0 Å². The van der Waals surface area contributed by atoms with Crippen molar-refractivity contribution in [2.24, 2.45) is 0 Å². The second-order valence-corrected chi connectivity index (χ2v) is 4.85. The number of aliphatic hydroxyl groups is 1. The number of halogens is 2. The van der Waals surface area contributed by atoms with Gasteiger partial charge in [-0.1, -0.05) is 0 Å². The van der Waals surface area contributed by atoms with E-state index in [4.69, 9.17) is 10.2 Å². The van der Waals surface area contributed by atoms with E-state index in [2.05, 4.69) is 5.32 Å². The molecule has 110 valence electrons.